The average Bonchev–Trinajstić information content (AvgIpc) is 2.63. The Kier molecular flexibility index (Phi) is 0.684. The maximum Gasteiger partial charge on any atom is 0.234 e. The molecule has 1 aliphatic heterocycles. The average molecular weight is 168 g/mol. The van der Waals surface area contributed by atoms with Crippen LogP contribution in [-0.4, -0.2) is 23.2 Å². The lowest BCUT2D eigenvalue weighted by atomic mass is 10.1. The second-order valence-corrected chi connectivity index (χ2v) is 3.61. The standard InChI is InChI=1S/C8H11N3O/c1-5-10-7(12-11-5)8-2-6(8)3-9-4-8/h6,9H,2-4H2,1H3/i1D3. The van der Waals surface area contributed by atoms with E-state index in [-0.39, 0.29) is 11.2 Å². The molecule has 1 saturated carbocycles. The molecule has 1 saturated heterocycles. The van der Waals surface area contributed by atoms with Gasteiger partial charge in [0.15, 0.2) is 5.82 Å². The van der Waals surface area contributed by atoms with Gasteiger partial charge in [0.1, 0.15) is 0 Å². The van der Waals surface area contributed by atoms with Crippen molar-refractivity contribution >= 4 is 0 Å². The molecule has 2 heterocycles. The normalized spacial score (nSPS) is 43.0. The molecular formula is C8H11N3O. The molecule has 64 valence electrons. The number of rotatable bonds is 1. The number of fused-ring (bicyclic) bond motifs is 1. The Morgan fingerprint density at radius 2 is 2.83 bits per heavy atom. The van der Waals surface area contributed by atoms with Crippen molar-refractivity contribution in [2.24, 2.45) is 5.92 Å². The van der Waals surface area contributed by atoms with Gasteiger partial charge < -0.3 is 9.84 Å². The lowest BCUT2D eigenvalue weighted by Crippen LogP contribution is -2.19. The van der Waals surface area contributed by atoms with Gasteiger partial charge in [0, 0.05) is 10.7 Å². The van der Waals surface area contributed by atoms with Gasteiger partial charge in [0.2, 0.25) is 5.89 Å². The number of aryl methyl sites for hydroxylation is 1. The van der Waals surface area contributed by atoms with Crippen LogP contribution in [0.3, 0.4) is 0 Å². The fourth-order valence-corrected chi connectivity index (χ4v) is 2.10. The summed E-state index contributed by atoms with van der Waals surface area (Å²) in [5.74, 6) is 0.857. The Morgan fingerprint density at radius 3 is 3.42 bits per heavy atom. The first-order valence-corrected chi connectivity index (χ1v) is 4.08. The van der Waals surface area contributed by atoms with Gasteiger partial charge >= 0.3 is 0 Å². The van der Waals surface area contributed by atoms with Crippen molar-refractivity contribution in [2.45, 2.75) is 18.7 Å². The fraction of sp³-hybridized carbons (Fsp3) is 0.750. The Balaban J connectivity index is 1.92. The van der Waals surface area contributed by atoms with Crippen LogP contribution in [0.4, 0.5) is 0 Å². The zero-order valence-electron chi connectivity index (χ0n) is 9.50. The van der Waals surface area contributed by atoms with Gasteiger partial charge in [0.05, 0.1) is 5.41 Å². The van der Waals surface area contributed by atoms with Gasteiger partial charge in [-0.25, -0.2) is 0 Å². The van der Waals surface area contributed by atoms with Crippen LogP contribution in [0.15, 0.2) is 4.52 Å². The molecule has 4 heteroatoms. The molecule has 0 aromatic carbocycles. The minimum absolute atomic E-state index is 0.0590. The summed E-state index contributed by atoms with van der Waals surface area (Å²) in [4.78, 5) is 4.00. The topological polar surface area (TPSA) is 51.0 Å². The minimum atomic E-state index is -2.27. The molecule has 0 spiro atoms. The summed E-state index contributed by atoms with van der Waals surface area (Å²) in [6.45, 7) is -0.486. The molecule has 4 nitrogen and oxygen atoms in total. The van der Waals surface area contributed by atoms with Crippen LogP contribution in [0.2, 0.25) is 0 Å². The highest BCUT2D eigenvalue weighted by molar-refractivity contribution is 5.25. The smallest absolute Gasteiger partial charge is 0.234 e. The van der Waals surface area contributed by atoms with E-state index in [0.717, 1.165) is 19.5 Å². The summed E-state index contributed by atoms with van der Waals surface area (Å²) in [5.41, 5.74) is -0.0590. The lowest BCUT2D eigenvalue weighted by molar-refractivity contribution is 0.343. The van der Waals surface area contributed by atoms with Crippen LogP contribution in [0.25, 0.3) is 0 Å². The Labute approximate surface area is 74.6 Å². The summed E-state index contributed by atoms with van der Waals surface area (Å²) >= 11 is 0. The summed E-state index contributed by atoms with van der Waals surface area (Å²) in [6.07, 6.45) is 1.03. The molecule has 2 atom stereocenters. The van der Waals surface area contributed by atoms with Crippen molar-refractivity contribution < 1.29 is 8.64 Å². The van der Waals surface area contributed by atoms with E-state index in [1.807, 2.05) is 0 Å². The Bertz CT molecular complexity index is 402. The molecule has 0 bridgehead atoms. The largest absolute Gasteiger partial charge is 0.339 e. The van der Waals surface area contributed by atoms with Gasteiger partial charge in [0.25, 0.3) is 0 Å². The van der Waals surface area contributed by atoms with Gasteiger partial charge in [-0.05, 0) is 25.7 Å². The van der Waals surface area contributed by atoms with Crippen LogP contribution < -0.4 is 5.32 Å². The quantitative estimate of drug-likeness (QED) is 0.652. The summed E-state index contributed by atoms with van der Waals surface area (Å²) in [6, 6.07) is 0. The van der Waals surface area contributed by atoms with Crippen molar-refractivity contribution in [2.75, 3.05) is 13.1 Å². The number of hydrogen-bond donors (Lipinski definition) is 1. The second kappa shape index (κ2) is 1.88. The molecule has 2 unspecified atom stereocenters. The molecule has 0 radical (unpaired) electrons. The van der Waals surface area contributed by atoms with Crippen molar-refractivity contribution in [1.29, 1.82) is 0 Å². The van der Waals surface area contributed by atoms with Gasteiger partial charge in [-0.1, -0.05) is 5.16 Å². The van der Waals surface area contributed by atoms with E-state index in [1.54, 1.807) is 0 Å². The van der Waals surface area contributed by atoms with Crippen LogP contribution in [0.5, 0.6) is 0 Å². The monoisotopic (exact) mass is 168 g/mol. The predicted octanol–water partition coefficient (Wildman–Crippen LogP) is 0.239. The van der Waals surface area contributed by atoms with Crippen LogP contribution in [-0.2, 0) is 5.41 Å². The van der Waals surface area contributed by atoms with E-state index in [4.69, 9.17) is 8.64 Å². The molecule has 1 aromatic rings. The highest BCUT2D eigenvalue weighted by Gasteiger charge is 2.62. The lowest BCUT2D eigenvalue weighted by Gasteiger charge is -2.02. The highest BCUT2D eigenvalue weighted by Crippen LogP contribution is 2.55. The molecule has 3 rings (SSSR count). The molecule has 12 heavy (non-hydrogen) atoms. The van der Waals surface area contributed by atoms with Crippen LogP contribution >= 0.6 is 0 Å². The van der Waals surface area contributed by atoms with E-state index < -0.39 is 6.85 Å². The van der Waals surface area contributed by atoms with Gasteiger partial charge in [-0.2, -0.15) is 4.98 Å². The number of aromatic nitrogens is 2. The third-order valence-corrected chi connectivity index (χ3v) is 2.92. The maximum atomic E-state index is 7.17. The van der Waals surface area contributed by atoms with Crippen molar-refractivity contribution in [1.82, 2.24) is 15.5 Å². The number of piperidine rings is 1. The molecule has 0 amide bonds. The number of nitrogens with zero attached hydrogens (tertiary/aromatic N) is 2. The van der Waals surface area contributed by atoms with Crippen LogP contribution in [0, 0.1) is 12.8 Å². The maximum absolute atomic E-state index is 7.17. The third kappa shape index (κ3) is 0.659. The van der Waals surface area contributed by atoms with E-state index in [9.17, 15) is 0 Å². The Morgan fingerprint density at radius 1 is 1.83 bits per heavy atom. The zero-order valence-corrected chi connectivity index (χ0v) is 6.50. The van der Waals surface area contributed by atoms with E-state index in [1.165, 1.54) is 0 Å². The van der Waals surface area contributed by atoms with Crippen molar-refractivity contribution in [3.05, 3.63) is 11.7 Å². The van der Waals surface area contributed by atoms with E-state index in [2.05, 4.69) is 15.5 Å². The molecular weight excluding hydrogens is 154 g/mol. The molecule has 1 N–H and O–H groups in total. The molecule has 2 fully saturated rings. The van der Waals surface area contributed by atoms with Crippen molar-refractivity contribution in [3.8, 4) is 0 Å². The first-order chi connectivity index (χ1) is 7.02. The predicted molar refractivity (Wildman–Crippen MR) is 41.7 cm³/mol. The Hall–Kier alpha value is -0.900. The van der Waals surface area contributed by atoms with Gasteiger partial charge in [-0.15, -0.1) is 0 Å². The molecule has 2 aliphatic rings. The highest BCUT2D eigenvalue weighted by atomic mass is 16.5. The zero-order chi connectivity index (χ0) is 10.7. The molecule has 1 aromatic heterocycles. The summed E-state index contributed by atoms with van der Waals surface area (Å²) in [5, 5.41) is 6.77. The SMILES string of the molecule is [2H]C([2H])([2H])c1noc(C23CNCC2C3)n1. The first kappa shape index (κ1) is 4.37. The van der Waals surface area contributed by atoms with E-state index in [0.29, 0.717) is 11.8 Å². The number of hydrogen-bond acceptors (Lipinski definition) is 4. The third-order valence-electron chi connectivity index (χ3n) is 2.92. The van der Waals surface area contributed by atoms with Gasteiger partial charge in [-0.3, -0.25) is 0 Å². The summed E-state index contributed by atoms with van der Waals surface area (Å²) < 4.78 is 26.6. The van der Waals surface area contributed by atoms with E-state index >= 15 is 0 Å². The minimum Gasteiger partial charge on any atom is -0.339 e. The number of nitrogens with one attached hydrogen (secondary N) is 1. The molecule has 1 aliphatic carbocycles. The first-order valence-electron chi connectivity index (χ1n) is 5.58. The fourth-order valence-electron chi connectivity index (χ4n) is 2.10. The van der Waals surface area contributed by atoms with Crippen LogP contribution in [0.1, 0.15) is 22.2 Å². The van der Waals surface area contributed by atoms with Crippen molar-refractivity contribution in [3.63, 3.8) is 0 Å². The second-order valence-electron chi connectivity index (χ2n) is 3.61. The summed E-state index contributed by atoms with van der Waals surface area (Å²) in [7, 11) is 0.